The number of fused-ring (bicyclic) bond motifs is 2. The third-order valence-electron chi connectivity index (χ3n) is 5.01. The van der Waals surface area contributed by atoms with Crippen LogP contribution in [0.15, 0.2) is 67.0 Å². The fourth-order valence-corrected chi connectivity index (χ4v) is 3.67. The lowest BCUT2D eigenvalue weighted by Crippen LogP contribution is -2.16. The molecule has 4 aromatic rings. The van der Waals surface area contributed by atoms with E-state index < -0.39 is 5.97 Å². The van der Waals surface area contributed by atoms with Gasteiger partial charge in [0.1, 0.15) is 25.5 Å². The molecule has 3 heterocycles. The van der Waals surface area contributed by atoms with Crippen LogP contribution in [0.2, 0.25) is 5.02 Å². The molecule has 2 aromatic heterocycles. The summed E-state index contributed by atoms with van der Waals surface area (Å²) in [6.45, 7) is 0.849. The zero-order valence-corrected chi connectivity index (χ0v) is 17.5. The molecule has 1 aliphatic heterocycles. The Labute approximate surface area is 188 Å². The topological polar surface area (TPSA) is 79.1 Å². The van der Waals surface area contributed by atoms with Crippen molar-refractivity contribution in [2.24, 2.45) is 0 Å². The Morgan fingerprint density at radius 2 is 1.75 bits per heavy atom. The van der Waals surface area contributed by atoms with Crippen molar-refractivity contribution in [3.8, 4) is 11.5 Å². The summed E-state index contributed by atoms with van der Waals surface area (Å²) in [5, 5.41) is 0.574. The smallest absolute Gasteiger partial charge is 0.339 e. The molecule has 5 rings (SSSR count). The van der Waals surface area contributed by atoms with Gasteiger partial charge in [0.2, 0.25) is 0 Å². The number of hydrogen-bond donors (Lipinski definition) is 0. The Morgan fingerprint density at radius 1 is 0.969 bits per heavy atom. The molecular formula is C24H17ClN2O5. The number of ether oxygens (including phenoxy) is 3. The monoisotopic (exact) mass is 448 g/mol. The Morgan fingerprint density at radius 3 is 2.59 bits per heavy atom. The first-order chi connectivity index (χ1) is 15.6. The van der Waals surface area contributed by atoms with Crippen molar-refractivity contribution >= 4 is 29.0 Å². The molecule has 8 heteroatoms. The van der Waals surface area contributed by atoms with Crippen molar-refractivity contribution in [2.75, 3.05) is 13.2 Å². The quantitative estimate of drug-likeness (QED) is 0.333. The maximum absolute atomic E-state index is 13.1. The van der Waals surface area contributed by atoms with Crippen LogP contribution in [0.4, 0.5) is 0 Å². The minimum atomic E-state index is -0.610. The van der Waals surface area contributed by atoms with Gasteiger partial charge in [0.05, 0.1) is 16.3 Å². The number of pyridine rings is 1. The first kappa shape index (κ1) is 20.1. The number of hydrogen-bond acceptors (Lipinski definition) is 6. The number of carbonyl (C=O) groups excluding carboxylic acids is 2. The summed E-state index contributed by atoms with van der Waals surface area (Å²) >= 11 is 5.99. The van der Waals surface area contributed by atoms with Crippen LogP contribution in [0.1, 0.15) is 32.0 Å². The Bertz CT molecular complexity index is 1350. The lowest BCUT2D eigenvalue weighted by Gasteiger charge is -2.18. The van der Waals surface area contributed by atoms with E-state index >= 15 is 0 Å². The van der Waals surface area contributed by atoms with Gasteiger partial charge in [0.25, 0.3) is 0 Å². The van der Waals surface area contributed by atoms with E-state index in [0.29, 0.717) is 46.6 Å². The largest absolute Gasteiger partial charge is 0.486 e. The van der Waals surface area contributed by atoms with Gasteiger partial charge in [-0.2, -0.15) is 0 Å². The van der Waals surface area contributed by atoms with Crippen LogP contribution in [0.25, 0.3) is 5.65 Å². The van der Waals surface area contributed by atoms with E-state index in [9.17, 15) is 9.59 Å². The standard InChI is InChI=1S/C24H17ClN2O5/c25-16-6-8-22-26-17(13-27(22)12-16)14-32-24(29)19-4-2-1-3-18(19)23(28)15-5-7-20-21(11-15)31-10-9-30-20/h1-8,11-13H,9-10,14H2. The number of rotatable bonds is 5. The van der Waals surface area contributed by atoms with Gasteiger partial charge in [0.15, 0.2) is 17.3 Å². The number of esters is 1. The van der Waals surface area contributed by atoms with Gasteiger partial charge in [-0.3, -0.25) is 4.79 Å². The van der Waals surface area contributed by atoms with Gasteiger partial charge in [-0.1, -0.05) is 29.8 Å². The zero-order chi connectivity index (χ0) is 22.1. The number of imidazole rings is 1. The highest BCUT2D eigenvalue weighted by Crippen LogP contribution is 2.31. The molecular weight excluding hydrogens is 432 g/mol. The van der Waals surface area contributed by atoms with Gasteiger partial charge in [0, 0.05) is 23.5 Å². The van der Waals surface area contributed by atoms with Crippen molar-refractivity contribution in [1.29, 1.82) is 0 Å². The average Bonchev–Trinajstić information content (AvgIpc) is 3.23. The minimum absolute atomic E-state index is 0.0370. The van der Waals surface area contributed by atoms with E-state index in [4.69, 9.17) is 25.8 Å². The number of halogens is 1. The van der Waals surface area contributed by atoms with Crippen molar-refractivity contribution in [2.45, 2.75) is 6.61 Å². The molecule has 0 atom stereocenters. The van der Waals surface area contributed by atoms with Crippen LogP contribution < -0.4 is 9.47 Å². The molecule has 32 heavy (non-hydrogen) atoms. The Kier molecular flexibility index (Phi) is 5.25. The summed E-state index contributed by atoms with van der Waals surface area (Å²) in [4.78, 5) is 30.4. The second-order valence-electron chi connectivity index (χ2n) is 7.15. The highest BCUT2D eigenvalue weighted by molar-refractivity contribution is 6.30. The molecule has 0 radical (unpaired) electrons. The number of benzene rings is 2. The van der Waals surface area contributed by atoms with Crippen molar-refractivity contribution in [3.05, 3.63) is 94.4 Å². The van der Waals surface area contributed by atoms with Gasteiger partial charge >= 0.3 is 5.97 Å². The molecule has 0 spiro atoms. The van der Waals surface area contributed by atoms with E-state index in [0.717, 1.165) is 0 Å². The van der Waals surface area contributed by atoms with Crippen molar-refractivity contribution in [1.82, 2.24) is 9.38 Å². The van der Waals surface area contributed by atoms with Gasteiger partial charge in [-0.05, 0) is 36.4 Å². The molecule has 0 N–H and O–H groups in total. The summed E-state index contributed by atoms with van der Waals surface area (Å²) in [6, 6.07) is 15.0. The average molecular weight is 449 g/mol. The highest BCUT2D eigenvalue weighted by atomic mass is 35.5. The first-order valence-electron chi connectivity index (χ1n) is 9.92. The number of nitrogens with zero attached hydrogens (tertiary/aromatic N) is 2. The maximum atomic E-state index is 13.1. The summed E-state index contributed by atoms with van der Waals surface area (Å²) in [5.74, 6) is 0.182. The second-order valence-corrected chi connectivity index (χ2v) is 7.59. The molecule has 0 aliphatic carbocycles. The predicted molar refractivity (Wildman–Crippen MR) is 117 cm³/mol. The third kappa shape index (κ3) is 3.90. The van der Waals surface area contributed by atoms with Crippen molar-refractivity contribution < 1.29 is 23.8 Å². The summed E-state index contributed by atoms with van der Waals surface area (Å²) in [6.07, 6.45) is 3.46. The van der Waals surface area contributed by atoms with Gasteiger partial charge in [-0.25, -0.2) is 9.78 Å². The summed E-state index contributed by atoms with van der Waals surface area (Å²) < 4.78 is 18.3. The molecule has 2 aromatic carbocycles. The van der Waals surface area contributed by atoms with Crippen LogP contribution in [0, 0.1) is 0 Å². The van der Waals surface area contributed by atoms with Gasteiger partial charge < -0.3 is 18.6 Å². The fraction of sp³-hybridized carbons (Fsp3) is 0.125. The molecule has 0 amide bonds. The Balaban J connectivity index is 1.36. The van der Waals surface area contributed by atoms with Crippen LogP contribution in [-0.4, -0.2) is 34.4 Å². The molecule has 7 nitrogen and oxygen atoms in total. The first-order valence-corrected chi connectivity index (χ1v) is 10.3. The molecule has 0 saturated heterocycles. The molecule has 160 valence electrons. The van der Waals surface area contributed by atoms with Crippen LogP contribution >= 0.6 is 11.6 Å². The summed E-state index contributed by atoms with van der Waals surface area (Å²) in [5.41, 5.74) is 2.08. The molecule has 0 unspecified atom stereocenters. The number of aromatic nitrogens is 2. The Hall–Kier alpha value is -3.84. The van der Waals surface area contributed by atoms with E-state index in [2.05, 4.69) is 4.98 Å². The second kappa shape index (κ2) is 8.36. The zero-order valence-electron chi connectivity index (χ0n) is 16.8. The molecule has 0 saturated carbocycles. The SMILES string of the molecule is O=C(OCc1cn2cc(Cl)ccc2n1)c1ccccc1C(=O)c1ccc2c(c1)OCCO2. The van der Waals surface area contributed by atoms with E-state index in [-0.39, 0.29) is 23.5 Å². The molecule has 0 fully saturated rings. The van der Waals surface area contributed by atoms with Crippen molar-refractivity contribution in [3.63, 3.8) is 0 Å². The van der Waals surface area contributed by atoms with Crippen LogP contribution in [-0.2, 0) is 11.3 Å². The minimum Gasteiger partial charge on any atom is -0.486 e. The van der Waals surface area contributed by atoms with Gasteiger partial charge in [-0.15, -0.1) is 0 Å². The van der Waals surface area contributed by atoms with E-state index in [1.807, 2.05) is 0 Å². The summed E-state index contributed by atoms with van der Waals surface area (Å²) in [7, 11) is 0. The lowest BCUT2D eigenvalue weighted by atomic mass is 9.98. The highest BCUT2D eigenvalue weighted by Gasteiger charge is 2.21. The molecule has 1 aliphatic rings. The molecule has 0 bridgehead atoms. The third-order valence-corrected chi connectivity index (χ3v) is 5.24. The predicted octanol–water partition coefficient (Wildman–Crippen LogP) is 4.35. The maximum Gasteiger partial charge on any atom is 0.339 e. The van der Waals surface area contributed by atoms with Crippen LogP contribution in [0.5, 0.6) is 11.5 Å². The van der Waals surface area contributed by atoms with Crippen LogP contribution in [0.3, 0.4) is 0 Å². The number of carbonyl (C=O) groups is 2. The van der Waals surface area contributed by atoms with E-state index in [1.54, 1.807) is 71.4 Å². The van der Waals surface area contributed by atoms with E-state index in [1.165, 1.54) is 0 Å². The number of ketones is 1. The fourth-order valence-electron chi connectivity index (χ4n) is 3.50. The normalized spacial score (nSPS) is 12.5. The lowest BCUT2D eigenvalue weighted by molar-refractivity contribution is 0.0465.